The lowest BCUT2D eigenvalue weighted by atomic mass is 10.1. The zero-order valence-corrected chi connectivity index (χ0v) is 13.5. The Balaban J connectivity index is 4.61. The van der Waals surface area contributed by atoms with E-state index in [2.05, 4.69) is 19.1 Å². The molecule has 6 heteroatoms. The van der Waals surface area contributed by atoms with Crippen LogP contribution in [-0.2, 0) is 9.59 Å². The molecule has 0 aromatic heterocycles. The van der Waals surface area contributed by atoms with Crippen LogP contribution >= 0.6 is 0 Å². The predicted octanol–water partition coefficient (Wildman–Crippen LogP) is 1.88. The predicted molar refractivity (Wildman–Crippen MR) is 84.6 cm³/mol. The third-order valence-electron chi connectivity index (χ3n) is 3.80. The van der Waals surface area contributed by atoms with Gasteiger partial charge in [0.05, 0.1) is 39.1 Å². The number of nitrogens with zero attached hydrogens (tertiary/aromatic N) is 1. The largest absolute Gasteiger partial charge is 0.481 e. The highest BCUT2D eigenvalue weighted by Gasteiger charge is 2.28. The summed E-state index contributed by atoms with van der Waals surface area (Å²) < 4.78 is 0.358. The molecule has 0 aromatic rings. The molecule has 0 aliphatic heterocycles. The SMILES string of the molecule is CCC/C=C/CCC[N+](CCO)(CCC(=O)O)CCC(=O)O. The van der Waals surface area contributed by atoms with E-state index < -0.39 is 11.9 Å². The molecule has 0 radical (unpaired) electrons. The average molecular weight is 316 g/mol. The number of rotatable bonds is 14. The topological polar surface area (TPSA) is 94.8 Å². The highest BCUT2D eigenvalue weighted by molar-refractivity contribution is 5.67. The standard InChI is InChI=1S/C16H29NO5/c1-2-3-4-5-6-7-10-17(13-14-18,11-8-15(19)20)12-9-16(21)22/h4-5,18H,2-3,6-14H2,1H3,(H-,19,20,21,22)/p+1/b5-4+. The van der Waals surface area contributed by atoms with Crippen LogP contribution in [0.2, 0.25) is 0 Å². The lowest BCUT2D eigenvalue weighted by Gasteiger charge is -2.37. The van der Waals surface area contributed by atoms with Gasteiger partial charge < -0.3 is 19.8 Å². The van der Waals surface area contributed by atoms with Crippen LogP contribution in [0, 0.1) is 0 Å². The fourth-order valence-electron chi connectivity index (χ4n) is 2.50. The Morgan fingerprint density at radius 1 is 0.909 bits per heavy atom. The summed E-state index contributed by atoms with van der Waals surface area (Å²) in [6.07, 6.45) is 8.15. The molecule has 0 amide bonds. The average Bonchev–Trinajstić information content (AvgIpc) is 2.46. The Morgan fingerprint density at radius 3 is 1.91 bits per heavy atom. The molecule has 0 saturated heterocycles. The van der Waals surface area contributed by atoms with Crippen LogP contribution in [0.25, 0.3) is 0 Å². The molecule has 0 fully saturated rings. The summed E-state index contributed by atoms with van der Waals surface area (Å²) in [4.78, 5) is 21.7. The van der Waals surface area contributed by atoms with Crippen LogP contribution in [-0.4, -0.2) is 64.5 Å². The van der Waals surface area contributed by atoms with Gasteiger partial charge in [-0.3, -0.25) is 9.59 Å². The second kappa shape index (κ2) is 12.2. The van der Waals surface area contributed by atoms with Gasteiger partial charge in [0.15, 0.2) is 0 Å². The van der Waals surface area contributed by atoms with Crippen molar-refractivity contribution < 1.29 is 29.4 Å². The molecule has 0 saturated carbocycles. The molecule has 3 N–H and O–H groups in total. The van der Waals surface area contributed by atoms with Crippen molar-refractivity contribution in [3.05, 3.63) is 12.2 Å². The molecule has 0 spiro atoms. The van der Waals surface area contributed by atoms with Crippen molar-refractivity contribution in [3.8, 4) is 0 Å². The normalized spacial score (nSPS) is 11.9. The van der Waals surface area contributed by atoms with Gasteiger partial charge in [0.25, 0.3) is 0 Å². The Hall–Kier alpha value is -1.40. The second-order valence-corrected chi connectivity index (χ2v) is 5.65. The van der Waals surface area contributed by atoms with Gasteiger partial charge in [-0.2, -0.15) is 0 Å². The first-order chi connectivity index (χ1) is 10.5. The van der Waals surface area contributed by atoms with Gasteiger partial charge in [-0.15, -0.1) is 0 Å². The summed E-state index contributed by atoms with van der Waals surface area (Å²) in [7, 11) is 0. The number of carboxylic acid groups (broad SMARTS) is 2. The lowest BCUT2D eigenvalue weighted by Crippen LogP contribution is -2.52. The van der Waals surface area contributed by atoms with Crippen LogP contribution in [0.3, 0.4) is 0 Å². The zero-order valence-electron chi connectivity index (χ0n) is 13.5. The second-order valence-electron chi connectivity index (χ2n) is 5.65. The third-order valence-corrected chi connectivity index (χ3v) is 3.80. The maximum Gasteiger partial charge on any atom is 0.309 e. The smallest absolute Gasteiger partial charge is 0.309 e. The summed E-state index contributed by atoms with van der Waals surface area (Å²) in [6, 6.07) is 0. The van der Waals surface area contributed by atoms with Crippen molar-refractivity contribution in [2.75, 3.05) is 32.8 Å². The molecule has 0 atom stereocenters. The molecule has 0 heterocycles. The zero-order chi connectivity index (χ0) is 16.8. The summed E-state index contributed by atoms with van der Waals surface area (Å²) in [5, 5.41) is 27.1. The summed E-state index contributed by atoms with van der Waals surface area (Å²) in [6.45, 7) is 3.87. The number of hydrogen-bond acceptors (Lipinski definition) is 3. The number of quaternary nitrogens is 1. The molecule has 0 unspecified atom stereocenters. The van der Waals surface area contributed by atoms with Crippen LogP contribution in [0.5, 0.6) is 0 Å². The van der Waals surface area contributed by atoms with Gasteiger partial charge in [-0.25, -0.2) is 0 Å². The molecule has 0 rings (SSSR count). The highest BCUT2D eigenvalue weighted by Crippen LogP contribution is 2.13. The van der Waals surface area contributed by atoms with E-state index >= 15 is 0 Å². The van der Waals surface area contributed by atoms with Gasteiger partial charge >= 0.3 is 11.9 Å². The number of allylic oxidation sites excluding steroid dienone is 2. The molecule has 128 valence electrons. The van der Waals surface area contributed by atoms with E-state index in [1.165, 1.54) is 0 Å². The molecule has 22 heavy (non-hydrogen) atoms. The quantitative estimate of drug-likeness (QED) is 0.258. The van der Waals surface area contributed by atoms with Gasteiger partial charge in [0.2, 0.25) is 0 Å². The molecular weight excluding hydrogens is 286 g/mol. The van der Waals surface area contributed by atoms with Crippen LogP contribution < -0.4 is 0 Å². The minimum Gasteiger partial charge on any atom is -0.481 e. The van der Waals surface area contributed by atoms with E-state index in [0.717, 1.165) is 25.7 Å². The minimum absolute atomic E-state index is 0.00864. The summed E-state index contributed by atoms with van der Waals surface area (Å²) in [5.74, 6) is -1.78. The number of aliphatic hydroxyl groups is 1. The Labute approximate surface area is 132 Å². The Morgan fingerprint density at radius 2 is 1.45 bits per heavy atom. The maximum absolute atomic E-state index is 10.8. The van der Waals surface area contributed by atoms with Crippen LogP contribution in [0.1, 0.15) is 45.4 Å². The van der Waals surface area contributed by atoms with Crippen molar-refractivity contribution in [1.29, 1.82) is 0 Å². The highest BCUT2D eigenvalue weighted by atomic mass is 16.4. The van der Waals surface area contributed by atoms with E-state index in [1.807, 2.05) is 0 Å². The van der Waals surface area contributed by atoms with Gasteiger partial charge in [0.1, 0.15) is 6.54 Å². The van der Waals surface area contributed by atoms with Gasteiger partial charge in [-0.1, -0.05) is 25.5 Å². The van der Waals surface area contributed by atoms with E-state index in [-0.39, 0.29) is 19.4 Å². The van der Waals surface area contributed by atoms with Crippen molar-refractivity contribution in [3.63, 3.8) is 0 Å². The number of unbranched alkanes of at least 4 members (excludes halogenated alkanes) is 2. The Bertz CT molecular complexity index is 336. The van der Waals surface area contributed by atoms with E-state index in [0.29, 0.717) is 30.7 Å². The first-order valence-electron chi connectivity index (χ1n) is 8.00. The van der Waals surface area contributed by atoms with Crippen molar-refractivity contribution in [2.45, 2.75) is 45.4 Å². The molecular formula is C16H30NO5+. The first kappa shape index (κ1) is 20.6. The van der Waals surface area contributed by atoms with Gasteiger partial charge in [-0.05, 0) is 12.8 Å². The van der Waals surface area contributed by atoms with E-state index in [4.69, 9.17) is 10.2 Å². The number of carboxylic acids is 2. The lowest BCUT2D eigenvalue weighted by molar-refractivity contribution is -0.927. The molecule has 0 aliphatic rings. The maximum atomic E-state index is 10.8. The van der Waals surface area contributed by atoms with Gasteiger partial charge in [0, 0.05) is 6.42 Å². The van der Waals surface area contributed by atoms with E-state index in [1.54, 1.807) is 0 Å². The first-order valence-corrected chi connectivity index (χ1v) is 8.00. The number of aliphatic carboxylic acids is 2. The number of hydrogen-bond donors (Lipinski definition) is 3. The van der Waals surface area contributed by atoms with Crippen molar-refractivity contribution in [2.24, 2.45) is 0 Å². The summed E-state index contributed by atoms with van der Waals surface area (Å²) >= 11 is 0. The number of aliphatic hydroxyl groups excluding tert-OH is 1. The van der Waals surface area contributed by atoms with Crippen molar-refractivity contribution >= 4 is 11.9 Å². The Kier molecular flexibility index (Phi) is 11.4. The summed E-state index contributed by atoms with van der Waals surface area (Å²) in [5.41, 5.74) is 0. The van der Waals surface area contributed by atoms with Crippen molar-refractivity contribution in [1.82, 2.24) is 0 Å². The molecule has 0 aromatic carbocycles. The monoisotopic (exact) mass is 316 g/mol. The van der Waals surface area contributed by atoms with E-state index in [9.17, 15) is 14.7 Å². The molecule has 6 nitrogen and oxygen atoms in total. The molecule has 0 bridgehead atoms. The molecule has 0 aliphatic carbocycles. The van der Waals surface area contributed by atoms with Crippen LogP contribution in [0.15, 0.2) is 12.2 Å². The van der Waals surface area contributed by atoms with Crippen LogP contribution in [0.4, 0.5) is 0 Å². The number of carbonyl (C=O) groups is 2. The fraction of sp³-hybridized carbons (Fsp3) is 0.750. The minimum atomic E-state index is -0.890. The third kappa shape index (κ3) is 10.3. The fourth-order valence-corrected chi connectivity index (χ4v) is 2.50.